The van der Waals surface area contributed by atoms with Crippen molar-refractivity contribution in [3.63, 3.8) is 0 Å². The lowest BCUT2D eigenvalue weighted by molar-refractivity contribution is 0.622. The van der Waals surface area contributed by atoms with E-state index in [1.807, 2.05) is 6.26 Å². The molecule has 0 radical (unpaired) electrons. The van der Waals surface area contributed by atoms with E-state index in [4.69, 9.17) is 12.2 Å². The first-order valence-electron chi connectivity index (χ1n) is 7.61. The molecule has 0 fully saturated rings. The maximum absolute atomic E-state index is 13.5. The van der Waals surface area contributed by atoms with E-state index < -0.39 is 11.6 Å². The van der Waals surface area contributed by atoms with Crippen LogP contribution in [0.25, 0.3) is 23.0 Å². The Morgan fingerprint density at radius 3 is 1.97 bits per heavy atom. The summed E-state index contributed by atoms with van der Waals surface area (Å²) in [6.07, 6.45) is 4.85. The van der Waals surface area contributed by atoms with Gasteiger partial charge in [0.15, 0.2) is 23.3 Å². The maximum atomic E-state index is 13.5. The summed E-state index contributed by atoms with van der Waals surface area (Å²) in [6, 6.07) is 2.65. The molecule has 0 saturated carbocycles. The highest BCUT2D eigenvalue weighted by molar-refractivity contribution is 9.10. The fraction of sp³-hybridized carbons (Fsp3) is 0.0667. The van der Waals surface area contributed by atoms with Crippen molar-refractivity contribution in [2.45, 2.75) is 5.16 Å². The van der Waals surface area contributed by atoms with Crippen molar-refractivity contribution in [2.75, 3.05) is 6.26 Å². The molecule has 29 heavy (non-hydrogen) atoms. The van der Waals surface area contributed by atoms with Crippen molar-refractivity contribution in [1.29, 1.82) is 0 Å². The maximum Gasteiger partial charge on any atom is 0.213 e. The molecule has 150 valence electrons. The Bertz CT molecular complexity index is 1190. The molecule has 4 aromatic rings. The summed E-state index contributed by atoms with van der Waals surface area (Å²) in [5.74, 6) is -0.269. The van der Waals surface area contributed by atoms with Crippen molar-refractivity contribution < 1.29 is 8.78 Å². The van der Waals surface area contributed by atoms with Gasteiger partial charge in [0.25, 0.3) is 0 Å². The van der Waals surface area contributed by atoms with Crippen LogP contribution in [0.1, 0.15) is 0 Å². The molecule has 0 unspecified atom stereocenters. The zero-order chi connectivity index (χ0) is 21.0. The smallest absolute Gasteiger partial charge is 0.213 e. The Kier molecular flexibility index (Phi) is 7.21. The highest BCUT2D eigenvalue weighted by Crippen LogP contribution is 2.21. The van der Waals surface area contributed by atoms with Gasteiger partial charge in [-0.05, 0) is 62.5 Å². The summed E-state index contributed by atoms with van der Waals surface area (Å²) in [4.78, 5) is 15.7. The van der Waals surface area contributed by atoms with Gasteiger partial charge in [-0.3, -0.25) is 15.3 Å². The quantitative estimate of drug-likeness (QED) is 0.239. The van der Waals surface area contributed by atoms with Crippen LogP contribution >= 0.6 is 55.8 Å². The minimum Gasteiger partial charge on any atom is -0.280 e. The number of pyridine rings is 2. The van der Waals surface area contributed by atoms with E-state index >= 15 is 0 Å². The zero-order valence-electron chi connectivity index (χ0n) is 14.4. The second-order valence-electron chi connectivity index (χ2n) is 5.15. The largest absolute Gasteiger partial charge is 0.280 e. The van der Waals surface area contributed by atoms with Crippen molar-refractivity contribution in [1.82, 2.24) is 40.3 Å². The summed E-state index contributed by atoms with van der Waals surface area (Å²) in [6.45, 7) is 0. The van der Waals surface area contributed by atoms with Gasteiger partial charge in [-0.25, -0.2) is 18.7 Å². The summed E-state index contributed by atoms with van der Waals surface area (Å²) in [5, 5.41) is 12.3. The van der Waals surface area contributed by atoms with Gasteiger partial charge in [0, 0.05) is 21.3 Å². The molecule has 0 amide bonds. The normalized spacial score (nSPS) is 10.5. The molecule has 14 heteroatoms. The molecule has 0 saturated heterocycles. The topological polar surface area (TPSA) is 112 Å². The number of aromatic nitrogens is 8. The average Bonchev–Trinajstić information content (AvgIpc) is 3.31. The first-order valence-corrected chi connectivity index (χ1v) is 10.8. The number of rotatable bonds is 3. The summed E-state index contributed by atoms with van der Waals surface area (Å²) in [5.41, 5.74) is 0.312. The Labute approximate surface area is 188 Å². The predicted octanol–water partition coefficient (Wildman–Crippen LogP) is 4.92. The molecule has 3 N–H and O–H groups in total. The molecule has 4 rings (SSSR count). The lowest BCUT2D eigenvalue weighted by atomic mass is 10.3. The fourth-order valence-electron chi connectivity index (χ4n) is 2.00. The molecule has 0 aliphatic carbocycles. The Balaban J connectivity index is 0.000000166. The van der Waals surface area contributed by atoms with Crippen LogP contribution in [-0.4, -0.2) is 46.6 Å². The number of hydrogen-bond acceptors (Lipinski definition) is 7. The minimum atomic E-state index is -0.461. The first-order chi connectivity index (χ1) is 13.9. The van der Waals surface area contributed by atoms with Crippen molar-refractivity contribution in [3.8, 4) is 23.0 Å². The molecular formula is C15H10Br2F2N8S2. The number of nitrogens with one attached hydrogen (secondary N) is 3. The number of aromatic amines is 3. The van der Waals surface area contributed by atoms with Gasteiger partial charge in [-0.2, -0.15) is 9.97 Å². The van der Waals surface area contributed by atoms with Crippen LogP contribution in [0.2, 0.25) is 0 Å². The van der Waals surface area contributed by atoms with Crippen LogP contribution < -0.4 is 0 Å². The van der Waals surface area contributed by atoms with E-state index in [1.165, 1.54) is 36.3 Å². The van der Waals surface area contributed by atoms with Crippen LogP contribution in [0.4, 0.5) is 8.78 Å². The second kappa shape index (κ2) is 9.65. The van der Waals surface area contributed by atoms with E-state index in [0.29, 0.717) is 25.8 Å². The summed E-state index contributed by atoms with van der Waals surface area (Å²) < 4.78 is 28.2. The third-order valence-electron chi connectivity index (χ3n) is 3.21. The molecule has 8 nitrogen and oxygen atoms in total. The molecule has 0 atom stereocenters. The van der Waals surface area contributed by atoms with Gasteiger partial charge in [0.1, 0.15) is 11.4 Å². The summed E-state index contributed by atoms with van der Waals surface area (Å²) >= 11 is 12.4. The van der Waals surface area contributed by atoms with Crippen molar-refractivity contribution >= 4 is 55.8 Å². The SMILES string of the molecule is CSc1n[nH]c(-c2ncc(Br)cc2F)n1.Fc1cc(Br)cnc1-c1nc(=S)[nH][nH]1. The molecule has 4 aromatic heterocycles. The molecule has 4 heterocycles. The van der Waals surface area contributed by atoms with E-state index in [1.54, 1.807) is 0 Å². The minimum absolute atomic E-state index is 0.139. The summed E-state index contributed by atoms with van der Waals surface area (Å²) in [7, 11) is 0. The first kappa shape index (κ1) is 21.7. The van der Waals surface area contributed by atoms with Crippen LogP contribution in [0.5, 0.6) is 0 Å². The molecule has 0 spiro atoms. The highest BCUT2D eigenvalue weighted by atomic mass is 79.9. The Morgan fingerprint density at radius 2 is 1.52 bits per heavy atom. The average molecular weight is 564 g/mol. The van der Waals surface area contributed by atoms with Crippen molar-refractivity contribution in [3.05, 3.63) is 49.9 Å². The number of H-pyrrole nitrogens is 3. The fourth-order valence-corrected chi connectivity index (χ4v) is 3.07. The number of hydrogen-bond donors (Lipinski definition) is 3. The van der Waals surface area contributed by atoms with Gasteiger partial charge >= 0.3 is 0 Å². The van der Waals surface area contributed by atoms with Crippen LogP contribution in [-0.2, 0) is 0 Å². The van der Waals surface area contributed by atoms with E-state index in [9.17, 15) is 8.78 Å². The third kappa shape index (κ3) is 5.52. The molecular weight excluding hydrogens is 554 g/mol. The van der Waals surface area contributed by atoms with Gasteiger partial charge in [-0.15, -0.1) is 5.10 Å². The van der Waals surface area contributed by atoms with E-state index in [0.717, 1.165) is 0 Å². The van der Waals surface area contributed by atoms with Gasteiger partial charge in [0.2, 0.25) is 9.93 Å². The molecule has 0 aliphatic heterocycles. The van der Waals surface area contributed by atoms with Gasteiger partial charge < -0.3 is 0 Å². The van der Waals surface area contributed by atoms with Gasteiger partial charge in [0.05, 0.1) is 0 Å². The predicted molar refractivity (Wildman–Crippen MR) is 114 cm³/mol. The van der Waals surface area contributed by atoms with E-state index in [2.05, 4.69) is 72.2 Å². The standard InChI is InChI=1S/C8H6BrFN4S.C7H4BrFN4S/c1-15-8-12-7(13-14-8)6-5(10)2-4(9)3-11-6;8-3-1-4(9)5(10-2-3)6-11-7(14)13-12-6/h2-3H,1H3,(H,12,13,14);1-2H,(H2,11,12,13,14). The molecule has 0 aliphatic rings. The lowest BCUT2D eigenvalue weighted by Crippen LogP contribution is -1.91. The number of nitrogens with zero attached hydrogens (tertiary/aromatic N) is 5. The number of halogens is 4. The Morgan fingerprint density at radius 1 is 0.931 bits per heavy atom. The van der Waals surface area contributed by atoms with Crippen LogP contribution in [0.15, 0.2) is 38.6 Å². The van der Waals surface area contributed by atoms with E-state index in [-0.39, 0.29) is 16.2 Å². The zero-order valence-corrected chi connectivity index (χ0v) is 19.2. The van der Waals surface area contributed by atoms with Crippen LogP contribution in [0, 0.1) is 16.4 Å². The molecule has 0 aromatic carbocycles. The van der Waals surface area contributed by atoms with Crippen molar-refractivity contribution in [2.24, 2.45) is 0 Å². The lowest BCUT2D eigenvalue weighted by Gasteiger charge is -1.97. The third-order valence-corrected chi connectivity index (χ3v) is 4.82. The molecule has 0 bridgehead atoms. The monoisotopic (exact) mass is 562 g/mol. The van der Waals surface area contributed by atoms with Gasteiger partial charge in [-0.1, -0.05) is 11.8 Å². The second-order valence-corrected chi connectivity index (χ2v) is 8.15. The highest BCUT2D eigenvalue weighted by Gasteiger charge is 2.12. The Hall–Kier alpha value is -2.03. The number of thioether (sulfide) groups is 1. The van der Waals surface area contributed by atoms with Crippen LogP contribution in [0.3, 0.4) is 0 Å².